The van der Waals surface area contributed by atoms with E-state index in [0.717, 1.165) is 4.70 Å². The second-order valence-electron chi connectivity index (χ2n) is 4.79. The highest BCUT2D eigenvalue weighted by atomic mass is 35.5. The molecule has 3 aromatic rings. The van der Waals surface area contributed by atoms with Crippen molar-refractivity contribution in [1.29, 1.82) is 0 Å². The SMILES string of the molecule is O=C(NC(=S)Nc1nc2c(Cl)cccc2s1)c1ccccc1[N+](=O)[O-]. The van der Waals surface area contributed by atoms with Crippen molar-refractivity contribution >= 4 is 67.2 Å². The minimum atomic E-state index is -0.677. The normalized spacial score (nSPS) is 10.4. The summed E-state index contributed by atoms with van der Waals surface area (Å²) in [6, 6.07) is 11.0. The van der Waals surface area contributed by atoms with Crippen molar-refractivity contribution in [3.63, 3.8) is 0 Å². The Morgan fingerprint density at radius 3 is 2.72 bits per heavy atom. The van der Waals surface area contributed by atoms with E-state index in [1.807, 2.05) is 6.07 Å². The third kappa shape index (κ3) is 3.73. The molecular weight excluding hydrogens is 384 g/mol. The van der Waals surface area contributed by atoms with E-state index in [9.17, 15) is 14.9 Å². The maximum absolute atomic E-state index is 12.2. The molecule has 10 heteroatoms. The number of thiocarbonyl (C=S) groups is 1. The maximum atomic E-state index is 12.2. The Balaban J connectivity index is 1.75. The van der Waals surface area contributed by atoms with Gasteiger partial charge in [0.1, 0.15) is 11.1 Å². The Morgan fingerprint density at radius 2 is 2.00 bits per heavy atom. The van der Waals surface area contributed by atoms with Gasteiger partial charge in [-0.3, -0.25) is 20.2 Å². The highest BCUT2D eigenvalue weighted by Crippen LogP contribution is 2.30. The van der Waals surface area contributed by atoms with Crippen molar-refractivity contribution in [1.82, 2.24) is 10.3 Å². The predicted octanol–water partition coefficient (Wildman–Crippen LogP) is 3.98. The van der Waals surface area contributed by atoms with E-state index in [1.54, 1.807) is 12.1 Å². The number of hydrogen-bond donors (Lipinski definition) is 2. The quantitative estimate of drug-likeness (QED) is 0.397. The van der Waals surface area contributed by atoms with Crippen LogP contribution in [0.3, 0.4) is 0 Å². The van der Waals surface area contributed by atoms with Crippen LogP contribution in [0.25, 0.3) is 10.2 Å². The monoisotopic (exact) mass is 392 g/mol. The molecule has 0 saturated carbocycles. The van der Waals surface area contributed by atoms with Gasteiger partial charge in [-0.2, -0.15) is 0 Å². The molecule has 0 unspecified atom stereocenters. The number of para-hydroxylation sites is 2. The van der Waals surface area contributed by atoms with E-state index in [-0.39, 0.29) is 16.4 Å². The first-order chi connectivity index (χ1) is 12.0. The molecule has 0 spiro atoms. The van der Waals surface area contributed by atoms with Crippen LogP contribution in [0.2, 0.25) is 5.02 Å². The lowest BCUT2D eigenvalue weighted by Crippen LogP contribution is -2.34. The molecule has 0 fully saturated rings. The summed E-state index contributed by atoms with van der Waals surface area (Å²) in [6.07, 6.45) is 0. The number of rotatable bonds is 3. The van der Waals surface area contributed by atoms with Crippen molar-refractivity contribution in [2.45, 2.75) is 0 Å². The number of nitro groups is 1. The number of nitrogens with zero attached hydrogens (tertiary/aromatic N) is 2. The molecule has 25 heavy (non-hydrogen) atoms. The first-order valence-corrected chi connectivity index (χ1v) is 8.47. The summed E-state index contributed by atoms with van der Waals surface area (Å²) in [5, 5.41) is 17.1. The van der Waals surface area contributed by atoms with Crippen LogP contribution >= 0.6 is 35.2 Å². The topological polar surface area (TPSA) is 97.2 Å². The van der Waals surface area contributed by atoms with Gasteiger partial charge >= 0.3 is 0 Å². The lowest BCUT2D eigenvalue weighted by molar-refractivity contribution is -0.385. The van der Waals surface area contributed by atoms with E-state index in [4.69, 9.17) is 23.8 Å². The molecule has 7 nitrogen and oxygen atoms in total. The molecule has 0 radical (unpaired) electrons. The molecule has 3 rings (SSSR count). The number of aromatic nitrogens is 1. The van der Waals surface area contributed by atoms with Crippen LogP contribution in [0.15, 0.2) is 42.5 Å². The summed E-state index contributed by atoms with van der Waals surface area (Å²) < 4.78 is 0.864. The third-order valence-electron chi connectivity index (χ3n) is 3.16. The number of fused-ring (bicyclic) bond motifs is 1. The van der Waals surface area contributed by atoms with E-state index in [1.165, 1.54) is 35.6 Å². The largest absolute Gasteiger partial charge is 0.308 e. The Bertz CT molecular complexity index is 1010. The number of nitrogens with one attached hydrogen (secondary N) is 2. The Morgan fingerprint density at radius 1 is 1.24 bits per heavy atom. The lowest BCUT2D eigenvalue weighted by atomic mass is 10.1. The highest BCUT2D eigenvalue weighted by molar-refractivity contribution is 7.80. The van der Waals surface area contributed by atoms with Gasteiger partial charge < -0.3 is 5.32 Å². The van der Waals surface area contributed by atoms with Crippen LogP contribution in [0, 0.1) is 10.1 Å². The summed E-state index contributed by atoms with van der Waals surface area (Å²) in [6.45, 7) is 0. The maximum Gasteiger partial charge on any atom is 0.282 e. The molecule has 1 amide bonds. The molecule has 1 heterocycles. The van der Waals surface area contributed by atoms with Crippen molar-refractivity contribution in [3.8, 4) is 0 Å². The number of benzene rings is 2. The molecule has 0 aliphatic heterocycles. The van der Waals surface area contributed by atoms with Crippen molar-refractivity contribution in [2.75, 3.05) is 5.32 Å². The molecular formula is C15H9ClN4O3S2. The Labute approximate surface area is 155 Å². The summed E-state index contributed by atoms with van der Waals surface area (Å²) in [5.74, 6) is -0.677. The second kappa shape index (κ2) is 7.09. The average molecular weight is 393 g/mol. The number of nitro benzene ring substituents is 1. The fourth-order valence-corrected chi connectivity index (χ4v) is 3.52. The van der Waals surface area contributed by atoms with Gasteiger partial charge in [0.2, 0.25) is 0 Å². The van der Waals surface area contributed by atoms with Gasteiger partial charge in [0, 0.05) is 6.07 Å². The first-order valence-electron chi connectivity index (χ1n) is 6.86. The van der Waals surface area contributed by atoms with Crippen LogP contribution in [-0.4, -0.2) is 20.9 Å². The number of amides is 1. The summed E-state index contributed by atoms with van der Waals surface area (Å²) in [5.41, 5.74) is 0.253. The standard InChI is InChI=1S/C15H9ClN4O3S2/c16-9-5-3-7-11-12(9)17-15(25-11)19-14(24)18-13(21)8-4-1-2-6-10(8)20(22)23/h1-7H,(H2,17,18,19,21,24). The zero-order chi connectivity index (χ0) is 18.0. The third-order valence-corrected chi connectivity index (χ3v) is 4.61. The molecule has 126 valence electrons. The van der Waals surface area contributed by atoms with Gasteiger partial charge in [0.15, 0.2) is 10.2 Å². The number of thiazole rings is 1. The van der Waals surface area contributed by atoms with Crippen LogP contribution in [-0.2, 0) is 0 Å². The molecule has 0 saturated heterocycles. The summed E-state index contributed by atoms with van der Waals surface area (Å²) >= 11 is 12.5. The van der Waals surface area contributed by atoms with E-state index >= 15 is 0 Å². The fraction of sp³-hybridized carbons (Fsp3) is 0. The number of carbonyl (C=O) groups is 1. The van der Waals surface area contributed by atoms with E-state index in [2.05, 4.69) is 15.6 Å². The molecule has 1 aromatic heterocycles. The zero-order valence-electron chi connectivity index (χ0n) is 12.4. The van der Waals surface area contributed by atoms with Gasteiger partial charge in [-0.05, 0) is 30.4 Å². The number of halogens is 1. The van der Waals surface area contributed by atoms with Gasteiger partial charge in [-0.25, -0.2) is 4.98 Å². The van der Waals surface area contributed by atoms with Gasteiger partial charge in [-0.1, -0.05) is 41.1 Å². The zero-order valence-corrected chi connectivity index (χ0v) is 14.7. The number of hydrogen-bond acceptors (Lipinski definition) is 6. The number of carbonyl (C=O) groups excluding carboxylic acids is 1. The molecule has 2 aromatic carbocycles. The Hall–Kier alpha value is -2.62. The van der Waals surface area contributed by atoms with Crippen molar-refractivity contribution < 1.29 is 9.72 Å². The average Bonchev–Trinajstić information content (AvgIpc) is 2.98. The molecule has 0 aliphatic rings. The lowest BCUT2D eigenvalue weighted by Gasteiger charge is -2.07. The fourth-order valence-electron chi connectivity index (χ4n) is 2.09. The predicted molar refractivity (Wildman–Crippen MR) is 101 cm³/mol. The minimum absolute atomic E-state index is 0.0154. The van der Waals surface area contributed by atoms with E-state index in [0.29, 0.717) is 15.7 Å². The minimum Gasteiger partial charge on any atom is -0.308 e. The molecule has 2 N–H and O–H groups in total. The second-order valence-corrected chi connectivity index (χ2v) is 6.63. The van der Waals surface area contributed by atoms with Crippen molar-refractivity contribution in [3.05, 3.63) is 63.2 Å². The molecule has 0 bridgehead atoms. The summed E-state index contributed by atoms with van der Waals surface area (Å²) in [7, 11) is 0. The first kappa shape index (κ1) is 17.2. The van der Waals surface area contributed by atoms with E-state index < -0.39 is 10.8 Å². The number of anilines is 1. The van der Waals surface area contributed by atoms with Crippen LogP contribution in [0.1, 0.15) is 10.4 Å². The van der Waals surface area contributed by atoms with Gasteiger partial charge in [0.25, 0.3) is 11.6 Å². The van der Waals surface area contributed by atoms with Crippen molar-refractivity contribution in [2.24, 2.45) is 0 Å². The van der Waals surface area contributed by atoms with Crippen LogP contribution < -0.4 is 10.6 Å². The van der Waals surface area contributed by atoms with Crippen LogP contribution in [0.5, 0.6) is 0 Å². The van der Waals surface area contributed by atoms with Gasteiger partial charge in [0.05, 0.1) is 14.6 Å². The highest BCUT2D eigenvalue weighted by Gasteiger charge is 2.20. The smallest absolute Gasteiger partial charge is 0.282 e. The molecule has 0 atom stereocenters. The Kier molecular flexibility index (Phi) is 4.88. The van der Waals surface area contributed by atoms with Gasteiger partial charge in [-0.15, -0.1) is 0 Å². The summed E-state index contributed by atoms with van der Waals surface area (Å²) in [4.78, 5) is 26.9. The van der Waals surface area contributed by atoms with Crippen LogP contribution in [0.4, 0.5) is 10.8 Å². The molecule has 0 aliphatic carbocycles.